The fourth-order valence-electron chi connectivity index (χ4n) is 2.41. The predicted molar refractivity (Wildman–Crippen MR) is 59.7 cm³/mol. The Morgan fingerprint density at radius 1 is 1.08 bits per heavy atom. The molecule has 0 heteroatoms. The second kappa shape index (κ2) is 4.83. The summed E-state index contributed by atoms with van der Waals surface area (Å²) in [5.74, 6) is 2.61. The van der Waals surface area contributed by atoms with E-state index in [1.54, 1.807) is 0 Å². The van der Waals surface area contributed by atoms with E-state index in [2.05, 4.69) is 27.4 Å². The Hall–Kier alpha value is -0.260. The van der Waals surface area contributed by atoms with E-state index in [1.807, 2.05) is 0 Å². The first-order valence-corrected chi connectivity index (χ1v) is 5.78. The normalized spacial score (nSPS) is 37.8. The molecule has 0 bridgehead atoms. The van der Waals surface area contributed by atoms with Gasteiger partial charge >= 0.3 is 0 Å². The molecular formula is C13H24. The van der Waals surface area contributed by atoms with Gasteiger partial charge in [-0.3, -0.25) is 0 Å². The van der Waals surface area contributed by atoms with E-state index in [0.717, 1.165) is 17.8 Å². The van der Waals surface area contributed by atoms with Crippen molar-refractivity contribution >= 4 is 0 Å². The highest BCUT2D eigenvalue weighted by Crippen LogP contribution is 2.32. The molecule has 1 aliphatic carbocycles. The van der Waals surface area contributed by atoms with Crippen LogP contribution in [0.15, 0.2) is 12.2 Å². The van der Waals surface area contributed by atoms with E-state index in [4.69, 9.17) is 0 Å². The highest BCUT2D eigenvalue weighted by Gasteiger charge is 2.20. The molecule has 1 rings (SSSR count). The minimum Gasteiger partial charge on any atom is -0.0999 e. The molecule has 0 aromatic heterocycles. The van der Waals surface area contributed by atoms with E-state index in [-0.39, 0.29) is 0 Å². The first-order chi connectivity index (χ1) is 6.11. The lowest BCUT2D eigenvalue weighted by Crippen LogP contribution is -2.16. The predicted octanol–water partition coefficient (Wildman–Crippen LogP) is 4.42. The van der Waals surface area contributed by atoms with Gasteiger partial charge in [-0.15, -0.1) is 0 Å². The molecule has 1 saturated carbocycles. The van der Waals surface area contributed by atoms with Gasteiger partial charge in [0.05, 0.1) is 0 Å². The van der Waals surface area contributed by atoms with E-state index >= 15 is 0 Å². The second-order valence-corrected chi connectivity index (χ2v) is 5.01. The standard InChI is InChI=1S/C13H24/c1-10-7-5-6-8-11(2)13(4)12(3)9-10/h11-13H,1,5-9H2,2-4H3. The maximum absolute atomic E-state index is 4.17. The van der Waals surface area contributed by atoms with Crippen LogP contribution in [-0.4, -0.2) is 0 Å². The summed E-state index contributed by atoms with van der Waals surface area (Å²) in [7, 11) is 0. The first kappa shape index (κ1) is 10.8. The molecule has 0 saturated heterocycles. The zero-order chi connectivity index (χ0) is 9.84. The quantitative estimate of drug-likeness (QED) is 0.484. The molecule has 0 nitrogen and oxygen atoms in total. The van der Waals surface area contributed by atoms with Gasteiger partial charge in [-0.1, -0.05) is 45.8 Å². The maximum Gasteiger partial charge on any atom is -0.0294 e. The van der Waals surface area contributed by atoms with Crippen LogP contribution in [0.25, 0.3) is 0 Å². The summed E-state index contributed by atoms with van der Waals surface area (Å²) in [4.78, 5) is 0. The lowest BCUT2D eigenvalue weighted by molar-refractivity contribution is 0.266. The number of rotatable bonds is 0. The molecule has 13 heavy (non-hydrogen) atoms. The summed E-state index contributed by atoms with van der Waals surface area (Å²) < 4.78 is 0. The van der Waals surface area contributed by atoms with E-state index in [9.17, 15) is 0 Å². The van der Waals surface area contributed by atoms with Crippen LogP contribution in [-0.2, 0) is 0 Å². The highest BCUT2D eigenvalue weighted by atomic mass is 14.3. The van der Waals surface area contributed by atoms with E-state index < -0.39 is 0 Å². The van der Waals surface area contributed by atoms with Crippen molar-refractivity contribution in [2.75, 3.05) is 0 Å². The van der Waals surface area contributed by atoms with Crippen molar-refractivity contribution < 1.29 is 0 Å². The van der Waals surface area contributed by atoms with Crippen LogP contribution in [0.4, 0.5) is 0 Å². The van der Waals surface area contributed by atoms with E-state index in [0.29, 0.717) is 0 Å². The number of hydrogen-bond donors (Lipinski definition) is 0. The molecule has 3 unspecified atom stereocenters. The van der Waals surface area contributed by atoms with Crippen molar-refractivity contribution in [2.24, 2.45) is 17.8 Å². The summed E-state index contributed by atoms with van der Waals surface area (Å²) >= 11 is 0. The van der Waals surface area contributed by atoms with Gasteiger partial charge in [0.2, 0.25) is 0 Å². The minimum atomic E-state index is 0.834. The van der Waals surface area contributed by atoms with Gasteiger partial charge in [0.25, 0.3) is 0 Å². The summed E-state index contributed by atoms with van der Waals surface area (Å²) in [6, 6.07) is 0. The fraction of sp³-hybridized carbons (Fsp3) is 0.846. The lowest BCUT2D eigenvalue weighted by Gasteiger charge is -2.25. The molecule has 0 amide bonds. The van der Waals surface area contributed by atoms with Crippen LogP contribution in [0.3, 0.4) is 0 Å². The summed E-state index contributed by atoms with van der Waals surface area (Å²) in [6.45, 7) is 11.4. The molecule has 0 spiro atoms. The first-order valence-electron chi connectivity index (χ1n) is 5.78. The third kappa shape index (κ3) is 3.17. The molecule has 0 aliphatic heterocycles. The largest absolute Gasteiger partial charge is 0.0999 e. The van der Waals surface area contributed by atoms with Crippen LogP contribution in [0.5, 0.6) is 0 Å². The lowest BCUT2D eigenvalue weighted by atomic mass is 9.81. The average Bonchev–Trinajstić information content (AvgIpc) is 2.13. The van der Waals surface area contributed by atoms with Crippen molar-refractivity contribution in [3.8, 4) is 0 Å². The Labute approximate surface area is 83.4 Å². The van der Waals surface area contributed by atoms with Gasteiger partial charge in [-0.05, 0) is 37.0 Å². The van der Waals surface area contributed by atoms with Crippen LogP contribution in [0, 0.1) is 17.8 Å². The third-order valence-electron chi connectivity index (χ3n) is 3.85. The highest BCUT2D eigenvalue weighted by molar-refractivity contribution is 4.96. The van der Waals surface area contributed by atoms with Crippen molar-refractivity contribution in [3.05, 3.63) is 12.2 Å². The molecule has 1 fully saturated rings. The van der Waals surface area contributed by atoms with Gasteiger partial charge in [0, 0.05) is 0 Å². The molecule has 0 N–H and O–H groups in total. The zero-order valence-corrected chi connectivity index (χ0v) is 9.47. The minimum absolute atomic E-state index is 0.834. The molecule has 0 heterocycles. The second-order valence-electron chi connectivity index (χ2n) is 5.01. The molecular weight excluding hydrogens is 156 g/mol. The van der Waals surface area contributed by atoms with Gasteiger partial charge < -0.3 is 0 Å². The van der Waals surface area contributed by atoms with Crippen LogP contribution >= 0.6 is 0 Å². The monoisotopic (exact) mass is 180 g/mol. The molecule has 76 valence electrons. The Balaban J connectivity index is 2.57. The third-order valence-corrected chi connectivity index (χ3v) is 3.85. The van der Waals surface area contributed by atoms with Gasteiger partial charge in [-0.2, -0.15) is 0 Å². The van der Waals surface area contributed by atoms with Crippen molar-refractivity contribution in [1.29, 1.82) is 0 Å². The van der Waals surface area contributed by atoms with Crippen LogP contribution in [0.1, 0.15) is 52.9 Å². The van der Waals surface area contributed by atoms with Crippen LogP contribution in [0.2, 0.25) is 0 Å². The molecule has 0 aromatic carbocycles. The van der Waals surface area contributed by atoms with Gasteiger partial charge in [-0.25, -0.2) is 0 Å². The van der Waals surface area contributed by atoms with Crippen molar-refractivity contribution in [2.45, 2.75) is 52.9 Å². The van der Waals surface area contributed by atoms with E-state index in [1.165, 1.54) is 37.7 Å². The van der Waals surface area contributed by atoms with Gasteiger partial charge in [0.1, 0.15) is 0 Å². The Kier molecular flexibility index (Phi) is 4.02. The summed E-state index contributed by atoms with van der Waals surface area (Å²) in [5, 5.41) is 0. The zero-order valence-electron chi connectivity index (χ0n) is 9.47. The Morgan fingerprint density at radius 3 is 2.46 bits per heavy atom. The van der Waals surface area contributed by atoms with Gasteiger partial charge in [0.15, 0.2) is 0 Å². The molecule has 3 atom stereocenters. The fourth-order valence-corrected chi connectivity index (χ4v) is 2.41. The smallest absolute Gasteiger partial charge is 0.0294 e. The Bertz CT molecular complexity index is 169. The molecule has 1 aliphatic rings. The maximum atomic E-state index is 4.17. The van der Waals surface area contributed by atoms with Crippen molar-refractivity contribution in [3.63, 3.8) is 0 Å². The summed E-state index contributed by atoms with van der Waals surface area (Å²) in [5.41, 5.74) is 1.48. The molecule has 0 aromatic rings. The topological polar surface area (TPSA) is 0 Å². The van der Waals surface area contributed by atoms with Crippen molar-refractivity contribution in [1.82, 2.24) is 0 Å². The number of hydrogen-bond acceptors (Lipinski definition) is 0. The molecule has 0 radical (unpaired) electrons. The SMILES string of the molecule is C=C1CCCCC(C)C(C)C(C)C1. The number of allylic oxidation sites excluding steroid dienone is 1. The average molecular weight is 180 g/mol. The Morgan fingerprint density at radius 2 is 1.77 bits per heavy atom. The van der Waals surface area contributed by atoms with Crippen LogP contribution < -0.4 is 0 Å². The summed E-state index contributed by atoms with van der Waals surface area (Å²) in [6.07, 6.45) is 6.70.